The molecule has 0 saturated carbocycles. The summed E-state index contributed by atoms with van der Waals surface area (Å²) >= 11 is 0. The Kier molecular flexibility index (Phi) is 3.16. The first-order chi connectivity index (χ1) is 11.9. The van der Waals surface area contributed by atoms with Gasteiger partial charge in [0.05, 0.1) is 5.54 Å². The van der Waals surface area contributed by atoms with Gasteiger partial charge in [-0.1, -0.05) is 54.6 Å². The van der Waals surface area contributed by atoms with Crippen molar-refractivity contribution >= 4 is 11.8 Å². The third-order valence-electron chi connectivity index (χ3n) is 5.93. The third kappa shape index (κ3) is 1.71. The van der Waals surface area contributed by atoms with Crippen LogP contribution in [0.15, 0.2) is 66.7 Å². The molecular formula is C21H20N2O2. The molecule has 0 N–H and O–H groups in total. The Labute approximate surface area is 147 Å². The van der Waals surface area contributed by atoms with E-state index in [-0.39, 0.29) is 11.8 Å². The second kappa shape index (κ2) is 5.06. The average Bonchev–Trinajstić information content (AvgIpc) is 2.80. The van der Waals surface area contributed by atoms with E-state index >= 15 is 0 Å². The van der Waals surface area contributed by atoms with E-state index in [1.165, 1.54) is 0 Å². The molecule has 1 spiro atoms. The molecule has 0 bridgehead atoms. The number of amides is 2. The van der Waals surface area contributed by atoms with Crippen molar-refractivity contribution < 1.29 is 9.59 Å². The summed E-state index contributed by atoms with van der Waals surface area (Å²) in [6, 6.07) is 17.5. The largest absolute Gasteiger partial charge is 0.321 e. The predicted octanol–water partition coefficient (Wildman–Crippen LogP) is 3.55. The van der Waals surface area contributed by atoms with Crippen molar-refractivity contribution in [2.24, 2.45) is 0 Å². The highest BCUT2D eigenvalue weighted by atomic mass is 16.2. The minimum absolute atomic E-state index is 0.0213. The molecular weight excluding hydrogens is 312 g/mol. The van der Waals surface area contributed by atoms with E-state index in [9.17, 15) is 9.59 Å². The van der Waals surface area contributed by atoms with Crippen LogP contribution in [0.5, 0.6) is 0 Å². The Balaban J connectivity index is 2.09. The quantitative estimate of drug-likeness (QED) is 0.801. The molecule has 1 fully saturated rings. The molecule has 126 valence electrons. The molecule has 0 unspecified atom stereocenters. The first kappa shape index (κ1) is 15.6. The van der Waals surface area contributed by atoms with Gasteiger partial charge in [-0.15, -0.1) is 0 Å². The zero-order valence-electron chi connectivity index (χ0n) is 14.6. The number of carbonyl (C=O) groups excluding carboxylic acids is 2. The summed E-state index contributed by atoms with van der Waals surface area (Å²) in [5, 5.41) is 0. The summed E-state index contributed by atoms with van der Waals surface area (Å²) in [7, 11) is 3.64. The molecule has 2 aromatic rings. The van der Waals surface area contributed by atoms with E-state index in [4.69, 9.17) is 0 Å². The Bertz CT molecular complexity index is 905. The number of likely N-dealkylation sites (N-methyl/N-ethyl adjacent to an activating group) is 2. The van der Waals surface area contributed by atoms with Gasteiger partial charge in [0.1, 0.15) is 5.54 Å². The van der Waals surface area contributed by atoms with Crippen molar-refractivity contribution in [1.29, 1.82) is 0 Å². The summed E-state index contributed by atoms with van der Waals surface area (Å²) in [5.74, 6) is -0.0213. The van der Waals surface area contributed by atoms with E-state index in [1.807, 2.05) is 74.8 Å². The number of urea groups is 1. The monoisotopic (exact) mass is 332 g/mol. The van der Waals surface area contributed by atoms with Crippen molar-refractivity contribution in [2.75, 3.05) is 14.1 Å². The van der Waals surface area contributed by atoms with Crippen LogP contribution in [0.3, 0.4) is 0 Å². The van der Waals surface area contributed by atoms with E-state index < -0.39 is 11.1 Å². The number of nitrogens with zero attached hydrogens (tertiary/aromatic N) is 2. The first-order valence-electron chi connectivity index (χ1n) is 8.35. The highest BCUT2D eigenvalue weighted by Gasteiger charge is 2.64. The number of rotatable bonds is 1. The minimum Gasteiger partial charge on any atom is -0.315 e. The predicted molar refractivity (Wildman–Crippen MR) is 96.3 cm³/mol. The summed E-state index contributed by atoms with van der Waals surface area (Å²) in [6.07, 6.45) is 3.50. The van der Waals surface area contributed by atoms with E-state index in [0.717, 1.165) is 11.1 Å². The third-order valence-corrected chi connectivity index (χ3v) is 5.93. The van der Waals surface area contributed by atoms with E-state index in [1.54, 1.807) is 15.9 Å². The van der Waals surface area contributed by atoms with Crippen LogP contribution in [-0.4, -0.2) is 35.7 Å². The molecule has 1 aliphatic heterocycles. The van der Waals surface area contributed by atoms with Gasteiger partial charge in [-0.2, -0.15) is 0 Å². The molecule has 25 heavy (non-hydrogen) atoms. The van der Waals surface area contributed by atoms with Gasteiger partial charge in [-0.3, -0.25) is 4.79 Å². The molecule has 1 saturated heterocycles. The van der Waals surface area contributed by atoms with Crippen molar-refractivity contribution in [2.45, 2.75) is 18.0 Å². The Morgan fingerprint density at radius 2 is 1.48 bits per heavy atom. The van der Waals surface area contributed by atoms with Crippen LogP contribution in [0.2, 0.25) is 0 Å². The zero-order valence-corrected chi connectivity index (χ0v) is 14.6. The number of allylic oxidation sites excluding steroid dienone is 1. The molecule has 0 radical (unpaired) electrons. The number of fused-ring (bicyclic) bond motifs is 2. The van der Waals surface area contributed by atoms with Crippen LogP contribution < -0.4 is 0 Å². The maximum absolute atomic E-state index is 13.0. The normalized spacial score (nSPS) is 28.0. The second-order valence-electron chi connectivity index (χ2n) is 6.85. The molecule has 4 nitrogen and oxygen atoms in total. The van der Waals surface area contributed by atoms with Crippen LogP contribution in [0, 0.1) is 0 Å². The summed E-state index contributed by atoms with van der Waals surface area (Å²) < 4.78 is 0. The van der Waals surface area contributed by atoms with Gasteiger partial charge in [0.2, 0.25) is 0 Å². The van der Waals surface area contributed by atoms with Gasteiger partial charge in [0.25, 0.3) is 0 Å². The maximum Gasteiger partial charge on any atom is 0.321 e. The van der Waals surface area contributed by atoms with Gasteiger partial charge in [-0.05, 0) is 30.2 Å². The molecule has 2 aliphatic rings. The standard InChI is InChI=1S/C21H20N2O2/c1-20(15-9-5-4-6-10-15)21(23(3)19(25)22(20)2)14-13-18(24)16-11-7-8-12-17(16)21/h4-14H,1-3H3/t20-,21-/m1/s1. The number of hydrogen-bond acceptors (Lipinski definition) is 2. The number of carbonyl (C=O) groups is 2. The van der Waals surface area contributed by atoms with Crippen molar-refractivity contribution in [3.8, 4) is 0 Å². The Morgan fingerprint density at radius 1 is 0.840 bits per heavy atom. The molecule has 2 aromatic carbocycles. The SMILES string of the molecule is CN1C(=O)N(C)[C@@]2(C=CC(=O)c3ccccc32)[C@@]1(C)c1ccccc1. The van der Waals surface area contributed by atoms with E-state index in [0.29, 0.717) is 5.56 Å². The van der Waals surface area contributed by atoms with Crippen LogP contribution in [0.4, 0.5) is 4.79 Å². The van der Waals surface area contributed by atoms with Crippen molar-refractivity contribution in [1.82, 2.24) is 9.80 Å². The highest BCUT2D eigenvalue weighted by molar-refractivity contribution is 6.08. The highest BCUT2D eigenvalue weighted by Crippen LogP contribution is 2.55. The summed E-state index contributed by atoms with van der Waals surface area (Å²) in [5.41, 5.74) is 1.16. The van der Waals surface area contributed by atoms with Gasteiger partial charge < -0.3 is 9.80 Å². The van der Waals surface area contributed by atoms with Crippen molar-refractivity contribution in [3.05, 3.63) is 83.4 Å². The maximum atomic E-state index is 13.0. The number of benzene rings is 2. The molecule has 1 aliphatic carbocycles. The molecule has 2 amide bonds. The van der Waals surface area contributed by atoms with Crippen LogP contribution in [0.1, 0.15) is 28.4 Å². The van der Waals surface area contributed by atoms with Crippen LogP contribution >= 0.6 is 0 Å². The lowest BCUT2D eigenvalue weighted by Crippen LogP contribution is -2.54. The summed E-state index contributed by atoms with van der Waals surface area (Å²) in [4.78, 5) is 29.0. The van der Waals surface area contributed by atoms with Gasteiger partial charge >= 0.3 is 6.03 Å². The second-order valence-corrected chi connectivity index (χ2v) is 6.85. The van der Waals surface area contributed by atoms with Gasteiger partial charge in [0, 0.05) is 19.7 Å². The van der Waals surface area contributed by atoms with Crippen LogP contribution in [0.25, 0.3) is 0 Å². The zero-order chi connectivity index (χ0) is 17.8. The fraction of sp³-hybridized carbons (Fsp3) is 0.238. The Hall–Kier alpha value is -2.88. The fourth-order valence-corrected chi connectivity index (χ4v) is 4.45. The Morgan fingerprint density at radius 3 is 2.20 bits per heavy atom. The minimum atomic E-state index is -0.745. The number of hydrogen-bond donors (Lipinski definition) is 0. The van der Waals surface area contributed by atoms with Gasteiger partial charge in [-0.25, -0.2) is 4.79 Å². The molecule has 4 rings (SSSR count). The lowest BCUT2D eigenvalue weighted by molar-refractivity contribution is 0.0982. The van der Waals surface area contributed by atoms with Crippen LogP contribution in [-0.2, 0) is 11.1 Å². The fourth-order valence-electron chi connectivity index (χ4n) is 4.45. The topological polar surface area (TPSA) is 40.6 Å². The smallest absolute Gasteiger partial charge is 0.315 e. The molecule has 4 heteroatoms. The molecule has 2 atom stereocenters. The first-order valence-corrected chi connectivity index (χ1v) is 8.35. The van der Waals surface area contributed by atoms with Gasteiger partial charge in [0.15, 0.2) is 5.78 Å². The molecule has 0 aromatic heterocycles. The molecule has 1 heterocycles. The average molecular weight is 332 g/mol. The number of ketones is 1. The van der Waals surface area contributed by atoms with Crippen molar-refractivity contribution in [3.63, 3.8) is 0 Å². The lowest BCUT2D eigenvalue weighted by atomic mass is 9.66. The lowest BCUT2D eigenvalue weighted by Gasteiger charge is -2.48. The van der Waals surface area contributed by atoms with E-state index in [2.05, 4.69) is 6.92 Å². The summed E-state index contributed by atoms with van der Waals surface area (Å²) in [6.45, 7) is 2.07.